The number of alkyl halides is 3. The quantitative estimate of drug-likeness (QED) is 0.736. The van der Waals surface area contributed by atoms with E-state index in [9.17, 15) is 13.2 Å². The van der Waals surface area contributed by atoms with Gasteiger partial charge in [0.15, 0.2) is 0 Å². The van der Waals surface area contributed by atoms with Crippen LogP contribution in [0.1, 0.15) is 24.2 Å². The molecule has 0 aliphatic carbocycles. The van der Waals surface area contributed by atoms with E-state index in [1.54, 1.807) is 0 Å². The van der Waals surface area contributed by atoms with Crippen LogP contribution in [-0.4, -0.2) is 4.98 Å². The summed E-state index contributed by atoms with van der Waals surface area (Å²) in [6.07, 6.45) is -3.08. The van der Waals surface area contributed by atoms with Crippen molar-refractivity contribution in [1.82, 2.24) is 4.98 Å². The third-order valence-electron chi connectivity index (χ3n) is 1.58. The third-order valence-corrected chi connectivity index (χ3v) is 1.58. The van der Waals surface area contributed by atoms with Crippen molar-refractivity contribution in [2.24, 2.45) is 5.73 Å². The van der Waals surface area contributed by atoms with E-state index >= 15 is 0 Å². The third kappa shape index (κ3) is 2.18. The molecule has 2 N–H and O–H groups in total. The van der Waals surface area contributed by atoms with E-state index in [0.717, 1.165) is 6.07 Å². The van der Waals surface area contributed by atoms with E-state index < -0.39 is 17.8 Å². The summed E-state index contributed by atoms with van der Waals surface area (Å²) < 4.78 is 36.9. The summed E-state index contributed by atoms with van der Waals surface area (Å²) in [6.45, 7) is 1.47. The molecular formula is C8H9F3N2. The zero-order chi connectivity index (χ0) is 10.1. The second-order valence-corrected chi connectivity index (χ2v) is 2.72. The van der Waals surface area contributed by atoms with E-state index in [1.807, 2.05) is 0 Å². The summed E-state index contributed by atoms with van der Waals surface area (Å²) in [6, 6.07) is 1.51. The largest absolute Gasteiger partial charge is 0.418 e. The minimum Gasteiger partial charge on any atom is -0.323 e. The molecule has 0 amide bonds. The van der Waals surface area contributed by atoms with Gasteiger partial charge in [-0.3, -0.25) is 4.98 Å². The van der Waals surface area contributed by atoms with Crippen molar-refractivity contribution in [3.8, 4) is 0 Å². The minimum absolute atomic E-state index is 0.116. The monoisotopic (exact) mass is 190 g/mol. The molecule has 1 atom stereocenters. The number of nitrogens with zero attached hydrogens (tertiary/aromatic N) is 1. The van der Waals surface area contributed by atoms with Gasteiger partial charge in [0.1, 0.15) is 0 Å². The zero-order valence-corrected chi connectivity index (χ0v) is 6.97. The van der Waals surface area contributed by atoms with Crippen LogP contribution < -0.4 is 5.73 Å². The Morgan fingerprint density at radius 2 is 2.08 bits per heavy atom. The van der Waals surface area contributed by atoms with E-state index in [-0.39, 0.29) is 5.69 Å². The lowest BCUT2D eigenvalue weighted by atomic mass is 10.1. The maximum atomic E-state index is 12.3. The number of halogens is 3. The maximum Gasteiger partial charge on any atom is 0.418 e. The molecule has 72 valence electrons. The van der Waals surface area contributed by atoms with E-state index in [1.165, 1.54) is 19.2 Å². The van der Waals surface area contributed by atoms with Crippen molar-refractivity contribution in [3.63, 3.8) is 0 Å². The zero-order valence-electron chi connectivity index (χ0n) is 6.97. The number of pyridine rings is 1. The molecule has 5 heteroatoms. The first kappa shape index (κ1) is 9.98. The van der Waals surface area contributed by atoms with Crippen molar-refractivity contribution < 1.29 is 13.2 Å². The summed E-state index contributed by atoms with van der Waals surface area (Å²) in [5.41, 5.74) is 4.47. The molecule has 0 aromatic carbocycles. The van der Waals surface area contributed by atoms with Crippen molar-refractivity contribution in [2.45, 2.75) is 19.1 Å². The number of nitrogens with two attached hydrogens (primary N) is 1. The standard InChI is InChI=1S/C8H9F3N2/c1-5(12)7-6(8(9,10)11)3-2-4-13-7/h2-5H,12H2,1H3/t5-/m1/s1. The second kappa shape index (κ2) is 3.33. The first-order chi connectivity index (χ1) is 5.93. The molecule has 0 aliphatic heterocycles. The fraction of sp³-hybridized carbons (Fsp3) is 0.375. The van der Waals surface area contributed by atoms with Gasteiger partial charge in [-0.2, -0.15) is 13.2 Å². The number of aromatic nitrogens is 1. The number of rotatable bonds is 1. The molecule has 0 radical (unpaired) electrons. The Balaban J connectivity index is 3.20. The average Bonchev–Trinajstić information content (AvgIpc) is 2.03. The highest BCUT2D eigenvalue weighted by atomic mass is 19.4. The fourth-order valence-electron chi connectivity index (χ4n) is 1.02. The molecule has 1 heterocycles. The summed E-state index contributed by atoms with van der Waals surface area (Å²) in [5.74, 6) is 0. The lowest BCUT2D eigenvalue weighted by molar-refractivity contribution is -0.138. The van der Waals surface area contributed by atoms with Gasteiger partial charge in [-0.15, -0.1) is 0 Å². The van der Waals surface area contributed by atoms with E-state index in [2.05, 4.69) is 4.98 Å². The van der Waals surface area contributed by atoms with Crippen LogP contribution in [0.2, 0.25) is 0 Å². The van der Waals surface area contributed by atoms with Crippen LogP contribution >= 0.6 is 0 Å². The highest BCUT2D eigenvalue weighted by Crippen LogP contribution is 2.32. The smallest absolute Gasteiger partial charge is 0.323 e. The van der Waals surface area contributed by atoms with Crippen LogP contribution in [-0.2, 0) is 6.18 Å². The minimum atomic E-state index is -4.38. The van der Waals surface area contributed by atoms with Gasteiger partial charge in [-0.05, 0) is 19.1 Å². The van der Waals surface area contributed by atoms with Crippen LogP contribution in [0.4, 0.5) is 13.2 Å². The fourth-order valence-corrected chi connectivity index (χ4v) is 1.02. The van der Waals surface area contributed by atoms with Crippen molar-refractivity contribution >= 4 is 0 Å². The molecule has 0 fully saturated rings. The topological polar surface area (TPSA) is 38.9 Å². The summed E-state index contributed by atoms with van der Waals surface area (Å²) >= 11 is 0. The lowest BCUT2D eigenvalue weighted by Gasteiger charge is -2.13. The van der Waals surface area contributed by atoms with Gasteiger partial charge in [0, 0.05) is 12.2 Å². The maximum absolute atomic E-state index is 12.3. The van der Waals surface area contributed by atoms with Crippen molar-refractivity contribution in [2.75, 3.05) is 0 Å². The molecule has 0 unspecified atom stereocenters. The highest BCUT2D eigenvalue weighted by molar-refractivity contribution is 5.24. The molecule has 1 rings (SSSR count). The Morgan fingerprint density at radius 3 is 2.46 bits per heavy atom. The van der Waals surface area contributed by atoms with Gasteiger partial charge < -0.3 is 5.73 Å². The van der Waals surface area contributed by atoms with Gasteiger partial charge in [0.05, 0.1) is 11.3 Å². The van der Waals surface area contributed by atoms with Crippen molar-refractivity contribution in [1.29, 1.82) is 0 Å². The summed E-state index contributed by atoms with van der Waals surface area (Å²) in [5, 5.41) is 0. The molecule has 0 saturated carbocycles. The van der Waals surface area contributed by atoms with Gasteiger partial charge >= 0.3 is 6.18 Å². The van der Waals surface area contributed by atoms with Gasteiger partial charge in [-0.1, -0.05) is 0 Å². The van der Waals surface area contributed by atoms with E-state index in [4.69, 9.17) is 5.73 Å². The molecule has 1 aromatic rings. The van der Waals surface area contributed by atoms with Crippen LogP contribution in [0.25, 0.3) is 0 Å². The molecule has 0 saturated heterocycles. The first-order valence-electron chi connectivity index (χ1n) is 3.70. The molecule has 13 heavy (non-hydrogen) atoms. The van der Waals surface area contributed by atoms with Crippen molar-refractivity contribution in [3.05, 3.63) is 29.6 Å². The second-order valence-electron chi connectivity index (χ2n) is 2.72. The average molecular weight is 190 g/mol. The molecule has 0 aliphatic rings. The van der Waals surface area contributed by atoms with Crippen LogP contribution in [0, 0.1) is 0 Å². The lowest BCUT2D eigenvalue weighted by Crippen LogP contribution is -2.16. The van der Waals surface area contributed by atoms with Gasteiger partial charge in [0.2, 0.25) is 0 Å². The Kier molecular flexibility index (Phi) is 2.56. The summed E-state index contributed by atoms with van der Waals surface area (Å²) in [4.78, 5) is 3.60. The number of hydrogen-bond acceptors (Lipinski definition) is 2. The molecule has 0 bridgehead atoms. The first-order valence-corrected chi connectivity index (χ1v) is 3.70. The van der Waals surface area contributed by atoms with Crippen LogP contribution in [0.15, 0.2) is 18.3 Å². The number of hydrogen-bond donors (Lipinski definition) is 1. The Bertz CT molecular complexity index is 294. The summed E-state index contributed by atoms with van der Waals surface area (Å²) in [7, 11) is 0. The SMILES string of the molecule is C[C@@H](N)c1ncccc1C(F)(F)F. The van der Waals surface area contributed by atoms with E-state index in [0.29, 0.717) is 0 Å². The molecule has 1 aromatic heterocycles. The Hall–Kier alpha value is -1.10. The molecule has 2 nitrogen and oxygen atoms in total. The van der Waals surface area contributed by atoms with Gasteiger partial charge in [0.25, 0.3) is 0 Å². The normalized spacial score (nSPS) is 14.2. The Labute approximate surface area is 73.6 Å². The van der Waals surface area contributed by atoms with Gasteiger partial charge in [-0.25, -0.2) is 0 Å². The molecule has 0 spiro atoms. The molecular weight excluding hydrogens is 181 g/mol. The van der Waals surface area contributed by atoms with Crippen LogP contribution in [0.3, 0.4) is 0 Å². The highest BCUT2D eigenvalue weighted by Gasteiger charge is 2.34. The predicted molar refractivity (Wildman–Crippen MR) is 41.8 cm³/mol. The predicted octanol–water partition coefficient (Wildman–Crippen LogP) is 2.12. The Morgan fingerprint density at radius 1 is 1.46 bits per heavy atom. The van der Waals surface area contributed by atoms with Crippen LogP contribution in [0.5, 0.6) is 0 Å².